The smallest absolute Gasteiger partial charge is 0.253 e. The molecule has 1 aliphatic carbocycles. The molecule has 0 saturated heterocycles. The SMILES string of the molecule is Cc1ccc(N)c(C(=O)NCCCC2CC2)c1. The first kappa shape index (κ1) is 12.0. The first-order valence-electron chi connectivity index (χ1n) is 6.31. The lowest BCUT2D eigenvalue weighted by Gasteiger charge is -2.08. The molecule has 3 heteroatoms. The van der Waals surface area contributed by atoms with Crippen molar-refractivity contribution in [2.75, 3.05) is 12.3 Å². The number of carbonyl (C=O) groups excluding carboxylic acids is 1. The lowest BCUT2D eigenvalue weighted by atomic mass is 10.1. The Morgan fingerprint density at radius 1 is 1.47 bits per heavy atom. The van der Waals surface area contributed by atoms with Crippen molar-refractivity contribution in [2.24, 2.45) is 5.92 Å². The van der Waals surface area contributed by atoms with Gasteiger partial charge in [0.1, 0.15) is 0 Å². The van der Waals surface area contributed by atoms with Gasteiger partial charge in [-0.15, -0.1) is 0 Å². The van der Waals surface area contributed by atoms with Crippen LogP contribution >= 0.6 is 0 Å². The Morgan fingerprint density at radius 3 is 2.94 bits per heavy atom. The van der Waals surface area contributed by atoms with Gasteiger partial charge < -0.3 is 11.1 Å². The van der Waals surface area contributed by atoms with Crippen molar-refractivity contribution in [1.82, 2.24) is 5.32 Å². The molecule has 0 atom stereocenters. The molecule has 1 aromatic carbocycles. The molecule has 0 radical (unpaired) electrons. The van der Waals surface area contributed by atoms with Gasteiger partial charge in [0.25, 0.3) is 5.91 Å². The summed E-state index contributed by atoms with van der Waals surface area (Å²) in [6.07, 6.45) is 5.06. The van der Waals surface area contributed by atoms with Crippen LogP contribution in [-0.2, 0) is 0 Å². The van der Waals surface area contributed by atoms with Gasteiger partial charge in [-0.25, -0.2) is 0 Å². The molecule has 1 amide bonds. The molecule has 92 valence electrons. The molecule has 3 N–H and O–H groups in total. The fourth-order valence-electron chi connectivity index (χ4n) is 1.96. The van der Waals surface area contributed by atoms with Crippen molar-refractivity contribution in [1.29, 1.82) is 0 Å². The van der Waals surface area contributed by atoms with E-state index in [1.165, 1.54) is 19.3 Å². The van der Waals surface area contributed by atoms with Gasteiger partial charge >= 0.3 is 0 Å². The minimum atomic E-state index is -0.0537. The quantitative estimate of drug-likeness (QED) is 0.605. The lowest BCUT2D eigenvalue weighted by molar-refractivity contribution is 0.0953. The Morgan fingerprint density at radius 2 is 2.24 bits per heavy atom. The number of nitrogens with one attached hydrogen (secondary N) is 1. The zero-order valence-electron chi connectivity index (χ0n) is 10.3. The second-order valence-corrected chi connectivity index (χ2v) is 4.93. The molecule has 2 rings (SSSR count). The van der Waals surface area contributed by atoms with Crippen LogP contribution in [0, 0.1) is 12.8 Å². The number of amides is 1. The van der Waals surface area contributed by atoms with Gasteiger partial charge in [0.05, 0.1) is 5.56 Å². The topological polar surface area (TPSA) is 55.1 Å². The van der Waals surface area contributed by atoms with Crippen molar-refractivity contribution in [3.63, 3.8) is 0 Å². The number of anilines is 1. The zero-order valence-corrected chi connectivity index (χ0v) is 10.3. The van der Waals surface area contributed by atoms with E-state index in [2.05, 4.69) is 5.32 Å². The van der Waals surface area contributed by atoms with Crippen molar-refractivity contribution >= 4 is 11.6 Å². The Hall–Kier alpha value is -1.51. The molecule has 3 nitrogen and oxygen atoms in total. The van der Waals surface area contributed by atoms with Crippen LogP contribution in [0.1, 0.15) is 41.6 Å². The third kappa shape index (κ3) is 3.48. The second kappa shape index (κ2) is 5.21. The van der Waals surface area contributed by atoms with Crippen LogP contribution in [0.4, 0.5) is 5.69 Å². The van der Waals surface area contributed by atoms with Crippen molar-refractivity contribution in [2.45, 2.75) is 32.6 Å². The molecule has 1 aliphatic rings. The van der Waals surface area contributed by atoms with E-state index in [1.54, 1.807) is 6.07 Å². The molecular weight excluding hydrogens is 212 g/mol. The second-order valence-electron chi connectivity index (χ2n) is 4.93. The normalized spacial score (nSPS) is 14.6. The van der Waals surface area contributed by atoms with Crippen LogP contribution in [0.15, 0.2) is 18.2 Å². The molecule has 1 saturated carbocycles. The Bertz CT molecular complexity index is 411. The largest absolute Gasteiger partial charge is 0.398 e. The van der Waals surface area contributed by atoms with Crippen molar-refractivity contribution < 1.29 is 4.79 Å². The summed E-state index contributed by atoms with van der Waals surface area (Å²) in [5, 5.41) is 2.93. The number of aryl methyl sites for hydroxylation is 1. The molecule has 1 aromatic rings. The fourth-order valence-corrected chi connectivity index (χ4v) is 1.96. The van der Waals surface area contributed by atoms with Gasteiger partial charge in [0.15, 0.2) is 0 Å². The summed E-state index contributed by atoms with van der Waals surface area (Å²) in [6.45, 7) is 2.71. The van der Waals surface area contributed by atoms with Gasteiger partial charge in [-0.1, -0.05) is 24.5 Å². The average Bonchev–Trinajstić information content (AvgIpc) is 3.11. The monoisotopic (exact) mass is 232 g/mol. The first-order valence-corrected chi connectivity index (χ1v) is 6.31. The summed E-state index contributed by atoms with van der Waals surface area (Å²) >= 11 is 0. The number of nitrogen functional groups attached to an aromatic ring is 1. The average molecular weight is 232 g/mol. The van der Waals surface area contributed by atoms with E-state index in [9.17, 15) is 4.79 Å². The molecule has 0 spiro atoms. The third-order valence-corrected chi connectivity index (χ3v) is 3.23. The number of hydrogen-bond acceptors (Lipinski definition) is 2. The van der Waals surface area contributed by atoms with Crippen LogP contribution < -0.4 is 11.1 Å². The lowest BCUT2D eigenvalue weighted by Crippen LogP contribution is -2.25. The van der Waals surface area contributed by atoms with Crippen LogP contribution in [0.3, 0.4) is 0 Å². The molecule has 1 fully saturated rings. The highest BCUT2D eigenvalue weighted by molar-refractivity contribution is 5.99. The van der Waals surface area contributed by atoms with Crippen LogP contribution in [0.25, 0.3) is 0 Å². The number of benzene rings is 1. The number of nitrogens with two attached hydrogens (primary N) is 1. The zero-order chi connectivity index (χ0) is 12.3. The molecule has 0 unspecified atom stereocenters. The summed E-state index contributed by atoms with van der Waals surface area (Å²) in [7, 11) is 0. The van der Waals surface area contributed by atoms with E-state index >= 15 is 0 Å². The minimum absolute atomic E-state index is 0.0537. The van der Waals surface area contributed by atoms with Crippen molar-refractivity contribution in [3.8, 4) is 0 Å². The highest BCUT2D eigenvalue weighted by Crippen LogP contribution is 2.33. The Balaban J connectivity index is 1.82. The van der Waals surface area contributed by atoms with Crippen molar-refractivity contribution in [3.05, 3.63) is 29.3 Å². The van der Waals surface area contributed by atoms with Crippen LogP contribution in [-0.4, -0.2) is 12.5 Å². The number of hydrogen-bond donors (Lipinski definition) is 2. The van der Waals surface area contributed by atoms with E-state index < -0.39 is 0 Å². The highest BCUT2D eigenvalue weighted by Gasteiger charge is 2.20. The van der Waals surface area contributed by atoms with E-state index in [0.717, 1.165) is 24.4 Å². The van der Waals surface area contributed by atoms with E-state index in [1.807, 2.05) is 19.1 Å². The van der Waals surface area contributed by atoms with Crippen LogP contribution in [0.2, 0.25) is 0 Å². The van der Waals surface area contributed by atoms with Crippen LogP contribution in [0.5, 0.6) is 0 Å². The maximum atomic E-state index is 11.9. The minimum Gasteiger partial charge on any atom is -0.398 e. The summed E-state index contributed by atoms with van der Waals surface area (Å²) in [6, 6.07) is 5.54. The first-order chi connectivity index (χ1) is 8.16. The third-order valence-electron chi connectivity index (χ3n) is 3.23. The van der Waals surface area contributed by atoms with Gasteiger partial charge in [-0.3, -0.25) is 4.79 Å². The van der Waals surface area contributed by atoms with Gasteiger partial charge in [-0.2, -0.15) is 0 Å². The Labute approximate surface area is 102 Å². The molecule has 0 heterocycles. The predicted molar refractivity (Wildman–Crippen MR) is 69.9 cm³/mol. The Kier molecular flexibility index (Phi) is 3.67. The molecule has 0 aliphatic heterocycles. The maximum Gasteiger partial charge on any atom is 0.253 e. The summed E-state index contributed by atoms with van der Waals surface area (Å²) < 4.78 is 0. The standard InChI is InChI=1S/C14H20N2O/c1-10-4-7-13(15)12(9-10)14(17)16-8-2-3-11-5-6-11/h4,7,9,11H,2-3,5-6,8,15H2,1H3,(H,16,17). The summed E-state index contributed by atoms with van der Waals surface area (Å²) in [5.74, 6) is 0.873. The van der Waals surface area contributed by atoms with Gasteiger partial charge in [-0.05, 0) is 37.8 Å². The maximum absolute atomic E-state index is 11.9. The van der Waals surface area contributed by atoms with E-state index in [4.69, 9.17) is 5.73 Å². The fraction of sp³-hybridized carbons (Fsp3) is 0.500. The summed E-state index contributed by atoms with van der Waals surface area (Å²) in [5.41, 5.74) is 7.99. The predicted octanol–water partition coefficient (Wildman–Crippen LogP) is 2.50. The number of rotatable bonds is 5. The van der Waals surface area contributed by atoms with Gasteiger partial charge in [0, 0.05) is 12.2 Å². The molecule has 0 aromatic heterocycles. The van der Waals surface area contributed by atoms with E-state index in [-0.39, 0.29) is 5.91 Å². The molecular formula is C14H20N2O. The molecule has 17 heavy (non-hydrogen) atoms. The van der Waals surface area contributed by atoms with E-state index in [0.29, 0.717) is 11.3 Å². The number of carbonyl (C=O) groups is 1. The summed E-state index contributed by atoms with van der Waals surface area (Å²) in [4.78, 5) is 11.9. The van der Waals surface area contributed by atoms with Gasteiger partial charge in [0.2, 0.25) is 0 Å². The molecule has 0 bridgehead atoms. The highest BCUT2D eigenvalue weighted by atomic mass is 16.1.